The average Bonchev–Trinajstić information content (AvgIpc) is 2.02. The molecular formula is C7H16NO4P. The van der Waals surface area contributed by atoms with Crippen molar-refractivity contribution >= 4 is 14.2 Å². The van der Waals surface area contributed by atoms with Crippen LogP contribution in [0, 0.1) is 5.92 Å². The fourth-order valence-electron chi connectivity index (χ4n) is 0.238. The number of hydrogen-bond donors (Lipinski definition) is 2. The van der Waals surface area contributed by atoms with Crippen molar-refractivity contribution in [2.45, 2.75) is 13.8 Å². The molecule has 13 heavy (non-hydrogen) atoms. The van der Waals surface area contributed by atoms with Gasteiger partial charge >= 0.3 is 8.25 Å². The number of carbonyl (C=O) groups is 1. The van der Waals surface area contributed by atoms with Gasteiger partial charge in [0.05, 0.1) is 6.61 Å². The molecule has 1 unspecified atom stereocenters. The Kier molecular flexibility index (Phi) is 10.8. The summed E-state index contributed by atoms with van der Waals surface area (Å²) in [5, 5.41) is 0. The summed E-state index contributed by atoms with van der Waals surface area (Å²) in [7, 11) is -2.68. The molecule has 1 amide bonds. The lowest BCUT2D eigenvalue weighted by molar-refractivity contribution is -0.113. The van der Waals surface area contributed by atoms with E-state index in [9.17, 15) is 9.36 Å². The minimum Gasteiger partial charge on any atom is -0.366 e. The summed E-state index contributed by atoms with van der Waals surface area (Å²) >= 11 is 0. The van der Waals surface area contributed by atoms with Crippen LogP contribution < -0.4 is 5.73 Å². The van der Waals surface area contributed by atoms with E-state index in [0.717, 1.165) is 6.08 Å². The topological polar surface area (TPSA) is 89.6 Å². The third kappa shape index (κ3) is 24.6. The van der Waals surface area contributed by atoms with E-state index < -0.39 is 14.2 Å². The third-order valence-corrected chi connectivity index (χ3v) is 1.15. The smallest absolute Gasteiger partial charge is 0.316 e. The first-order valence-corrected chi connectivity index (χ1v) is 4.94. The standard InChI is InChI=1S/C4H11O3P.C3H5NO/c1-4(2)3-7-8(5)6;1-2-3(4)5/h4,8H,3H2,1-2H3,(H,5,6);2H,1H2,(H2,4,5). The van der Waals surface area contributed by atoms with Gasteiger partial charge in [0.25, 0.3) is 0 Å². The van der Waals surface area contributed by atoms with Gasteiger partial charge in [-0.2, -0.15) is 0 Å². The molecule has 0 saturated heterocycles. The molecule has 1 atom stereocenters. The highest BCUT2D eigenvalue weighted by molar-refractivity contribution is 7.32. The van der Waals surface area contributed by atoms with E-state index >= 15 is 0 Å². The molecule has 0 aromatic heterocycles. The van der Waals surface area contributed by atoms with Crippen LogP contribution in [-0.4, -0.2) is 17.4 Å². The maximum absolute atomic E-state index is 9.87. The van der Waals surface area contributed by atoms with Crippen LogP contribution in [-0.2, 0) is 13.9 Å². The third-order valence-electron chi connectivity index (χ3n) is 0.741. The Morgan fingerprint density at radius 2 is 2.15 bits per heavy atom. The molecule has 0 fully saturated rings. The highest BCUT2D eigenvalue weighted by atomic mass is 31.1. The lowest BCUT2D eigenvalue weighted by Gasteiger charge is -2.00. The second kappa shape index (κ2) is 9.45. The molecule has 6 heteroatoms. The van der Waals surface area contributed by atoms with Gasteiger partial charge in [0.1, 0.15) is 0 Å². The first-order chi connectivity index (χ1) is 5.90. The Bertz CT molecular complexity index is 181. The maximum Gasteiger partial charge on any atom is 0.316 e. The number of hydrogen-bond acceptors (Lipinski definition) is 3. The fraction of sp³-hybridized carbons (Fsp3) is 0.571. The minimum atomic E-state index is -2.68. The summed E-state index contributed by atoms with van der Waals surface area (Å²) in [6.07, 6.45) is 1.06. The lowest BCUT2D eigenvalue weighted by Crippen LogP contribution is -2.04. The van der Waals surface area contributed by atoms with Crippen LogP contribution in [0.1, 0.15) is 13.8 Å². The van der Waals surface area contributed by atoms with Crippen LogP contribution in [0.2, 0.25) is 0 Å². The molecule has 0 aliphatic heterocycles. The van der Waals surface area contributed by atoms with Gasteiger partial charge < -0.3 is 15.2 Å². The first-order valence-electron chi connectivity index (χ1n) is 3.67. The van der Waals surface area contributed by atoms with Gasteiger partial charge in [0.2, 0.25) is 5.91 Å². The first kappa shape index (κ1) is 14.9. The van der Waals surface area contributed by atoms with E-state index in [1.54, 1.807) is 0 Å². The molecular weight excluding hydrogens is 193 g/mol. The van der Waals surface area contributed by atoms with Gasteiger partial charge in [-0.3, -0.25) is 9.36 Å². The summed E-state index contributed by atoms with van der Waals surface area (Å²) in [5.74, 6) is -0.152. The summed E-state index contributed by atoms with van der Waals surface area (Å²) < 4.78 is 14.3. The summed E-state index contributed by atoms with van der Waals surface area (Å²) in [6, 6.07) is 0. The molecule has 5 nitrogen and oxygen atoms in total. The van der Waals surface area contributed by atoms with Crippen molar-refractivity contribution in [3.05, 3.63) is 12.7 Å². The quantitative estimate of drug-likeness (QED) is 0.526. The molecule has 0 spiro atoms. The van der Waals surface area contributed by atoms with Gasteiger partial charge in [-0.25, -0.2) is 0 Å². The van der Waals surface area contributed by atoms with Crippen LogP contribution in [0.15, 0.2) is 12.7 Å². The van der Waals surface area contributed by atoms with E-state index in [1.807, 2.05) is 13.8 Å². The molecule has 0 aliphatic rings. The summed E-state index contributed by atoms with van der Waals surface area (Å²) in [4.78, 5) is 17.6. The zero-order valence-electron chi connectivity index (χ0n) is 7.82. The van der Waals surface area contributed by atoms with Crippen LogP contribution >= 0.6 is 8.25 Å². The Labute approximate surface area is 78.5 Å². The number of carbonyl (C=O) groups excluding carboxylic acids is 1. The van der Waals surface area contributed by atoms with E-state index in [2.05, 4.69) is 16.8 Å². The number of rotatable bonds is 4. The zero-order valence-corrected chi connectivity index (χ0v) is 8.82. The second-order valence-electron chi connectivity index (χ2n) is 2.58. The van der Waals surface area contributed by atoms with Gasteiger partial charge in [-0.05, 0) is 12.0 Å². The Morgan fingerprint density at radius 1 is 1.77 bits per heavy atom. The van der Waals surface area contributed by atoms with E-state index in [0.29, 0.717) is 12.5 Å². The van der Waals surface area contributed by atoms with E-state index in [4.69, 9.17) is 4.89 Å². The van der Waals surface area contributed by atoms with Gasteiger partial charge in [-0.1, -0.05) is 20.4 Å². The number of nitrogens with two attached hydrogens (primary N) is 1. The monoisotopic (exact) mass is 209 g/mol. The maximum atomic E-state index is 9.87. The average molecular weight is 209 g/mol. The highest BCUT2D eigenvalue weighted by Crippen LogP contribution is 2.15. The fourth-order valence-corrected chi connectivity index (χ4v) is 0.714. The normalized spacial score (nSPS) is 11.4. The van der Waals surface area contributed by atoms with E-state index in [-0.39, 0.29) is 0 Å². The number of primary amides is 1. The molecule has 0 radical (unpaired) electrons. The largest absolute Gasteiger partial charge is 0.366 e. The van der Waals surface area contributed by atoms with Gasteiger partial charge in [0, 0.05) is 0 Å². The van der Waals surface area contributed by atoms with Crippen molar-refractivity contribution in [1.29, 1.82) is 0 Å². The van der Waals surface area contributed by atoms with Crippen molar-refractivity contribution in [2.24, 2.45) is 11.7 Å². The zero-order chi connectivity index (χ0) is 10.9. The van der Waals surface area contributed by atoms with Crippen LogP contribution in [0.5, 0.6) is 0 Å². The Hall–Kier alpha value is -0.640. The predicted octanol–water partition coefficient (Wildman–Crippen LogP) is 0.699. The van der Waals surface area contributed by atoms with Crippen molar-refractivity contribution in [3.8, 4) is 0 Å². The molecule has 0 aromatic carbocycles. The molecule has 0 aliphatic carbocycles. The predicted molar refractivity (Wildman–Crippen MR) is 51.4 cm³/mol. The molecule has 3 N–H and O–H groups in total. The van der Waals surface area contributed by atoms with Crippen molar-refractivity contribution in [2.75, 3.05) is 6.61 Å². The van der Waals surface area contributed by atoms with Crippen molar-refractivity contribution in [3.63, 3.8) is 0 Å². The van der Waals surface area contributed by atoms with Gasteiger partial charge in [-0.15, -0.1) is 0 Å². The van der Waals surface area contributed by atoms with Crippen LogP contribution in [0.3, 0.4) is 0 Å². The SMILES string of the molecule is C=CC(N)=O.CC(C)CO[PH](=O)O. The second-order valence-corrected chi connectivity index (χ2v) is 3.40. The lowest BCUT2D eigenvalue weighted by atomic mass is 10.2. The van der Waals surface area contributed by atoms with E-state index in [1.165, 1.54) is 0 Å². The highest BCUT2D eigenvalue weighted by Gasteiger charge is 1.94. The van der Waals surface area contributed by atoms with Crippen LogP contribution in [0.25, 0.3) is 0 Å². The van der Waals surface area contributed by atoms with Crippen LogP contribution in [0.4, 0.5) is 0 Å². The molecule has 78 valence electrons. The van der Waals surface area contributed by atoms with Crippen molar-refractivity contribution < 1.29 is 18.8 Å². The minimum absolute atomic E-state index is 0.330. The van der Waals surface area contributed by atoms with Crippen molar-refractivity contribution in [1.82, 2.24) is 0 Å². The molecule has 0 aromatic rings. The molecule has 0 saturated carbocycles. The molecule has 0 heterocycles. The summed E-state index contributed by atoms with van der Waals surface area (Å²) in [5.41, 5.74) is 4.53. The number of amides is 1. The van der Waals surface area contributed by atoms with Gasteiger partial charge in [0.15, 0.2) is 0 Å². The Balaban J connectivity index is 0. The Morgan fingerprint density at radius 3 is 2.23 bits per heavy atom. The molecule has 0 bridgehead atoms. The molecule has 0 rings (SSSR count). The summed E-state index contributed by atoms with van der Waals surface area (Å²) in [6.45, 7) is 7.30.